The largest absolute Gasteiger partial charge is 0.339 e. The van der Waals surface area contributed by atoms with Crippen LogP contribution in [0, 0.1) is 6.92 Å². The maximum absolute atomic E-state index is 12.8. The van der Waals surface area contributed by atoms with Gasteiger partial charge in [0.1, 0.15) is 0 Å². The Bertz CT molecular complexity index is 435. The molecule has 1 fully saturated rings. The highest BCUT2D eigenvalue weighted by Gasteiger charge is 2.41. The van der Waals surface area contributed by atoms with E-state index in [4.69, 9.17) is 0 Å². The molecule has 1 aliphatic heterocycles. The fourth-order valence-corrected chi connectivity index (χ4v) is 3.91. The maximum atomic E-state index is 12.8. The monoisotopic (exact) mass is 280 g/mol. The summed E-state index contributed by atoms with van der Waals surface area (Å²) < 4.78 is 0. The lowest BCUT2D eigenvalue weighted by Crippen LogP contribution is -2.53. The van der Waals surface area contributed by atoms with E-state index in [1.54, 1.807) is 11.3 Å². The smallest absolute Gasteiger partial charge is 0.242 e. The van der Waals surface area contributed by atoms with E-state index in [0.29, 0.717) is 0 Å². The average Bonchev–Trinajstić information content (AvgIpc) is 3.00. The Morgan fingerprint density at radius 1 is 1.58 bits per heavy atom. The van der Waals surface area contributed by atoms with Crippen LogP contribution in [0.15, 0.2) is 11.4 Å². The number of carbonyl (C=O) groups excluding carboxylic acids is 1. The number of hydrogen-bond acceptors (Lipinski definition) is 3. The van der Waals surface area contributed by atoms with Gasteiger partial charge in [0.05, 0.1) is 12.1 Å². The van der Waals surface area contributed by atoms with Crippen molar-refractivity contribution in [2.75, 3.05) is 13.6 Å². The van der Waals surface area contributed by atoms with Crippen molar-refractivity contribution in [1.82, 2.24) is 10.2 Å². The highest BCUT2D eigenvalue weighted by Crippen LogP contribution is 2.28. The molecule has 0 saturated carbocycles. The van der Waals surface area contributed by atoms with Gasteiger partial charge in [0.15, 0.2) is 0 Å². The first-order valence-corrected chi connectivity index (χ1v) is 8.00. The second-order valence-electron chi connectivity index (χ2n) is 5.55. The molecule has 4 heteroatoms. The summed E-state index contributed by atoms with van der Waals surface area (Å²) in [6, 6.07) is 2.12. The summed E-state index contributed by atoms with van der Waals surface area (Å²) in [5.41, 5.74) is 0.989. The van der Waals surface area contributed by atoms with Gasteiger partial charge in [0, 0.05) is 11.9 Å². The molecule has 19 heavy (non-hydrogen) atoms. The summed E-state index contributed by atoms with van der Waals surface area (Å²) in [4.78, 5) is 16.0. The van der Waals surface area contributed by atoms with E-state index in [-0.39, 0.29) is 11.4 Å². The molecule has 2 heterocycles. The summed E-state index contributed by atoms with van der Waals surface area (Å²) in [5.74, 6) is 0.264. The number of carbonyl (C=O) groups is 1. The van der Waals surface area contributed by atoms with E-state index in [2.05, 4.69) is 30.6 Å². The molecule has 1 atom stereocenters. The van der Waals surface area contributed by atoms with Gasteiger partial charge in [-0.05, 0) is 49.7 Å². The van der Waals surface area contributed by atoms with Gasteiger partial charge in [-0.1, -0.05) is 13.3 Å². The molecule has 2 rings (SSSR count). The number of thiophene rings is 1. The van der Waals surface area contributed by atoms with Crippen LogP contribution in [0.2, 0.25) is 0 Å². The molecule has 1 aromatic rings. The molecular weight excluding hydrogens is 256 g/mol. The van der Waals surface area contributed by atoms with Crippen molar-refractivity contribution in [3.05, 3.63) is 21.9 Å². The number of nitrogens with zero attached hydrogens (tertiary/aromatic N) is 1. The molecule has 106 valence electrons. The van der Waals surface area contributed by atoms with Crippen molar-refractivity contribution in [1.29, 1.82) is 0 Å². The first kappa shape index (κ1) is 14.5. The Morgan fingerprint density at radius 3 is 2.89 bits per heavy atom. The van der Waals surface area contributed by atoms with Crippen LogP contribution in [-0.2, 0) is 11.3 Å². The van der Waals surface area contributed by atoms with Crippen molar-refractivity contribution < 1.29 is 4.79 Å². The molecular formula is C15H24N2OS. The van der Waals surface area contributed by atoms with Gasteiger partial charge in [-0.3, -0.25) is 4.79 Å². The third kappa shape index (κ3) is 3.00. The van der Waals surface area contributed by atoms with Crippen LogP contribution < -0.4 is 5.32 Å². The number of nitrogens with one attached hydrogen (secondary N) is 1. The zero-order valence-corrected chi connectivity index (χ0v) is 13.0. The van der Waals surface area contributed by atoms with Crippen molar-refractivity contribution in [3.63, 3.8) is 0 Å². The lowest BCUT2D eigenvalue weighted by atomic mass is 9.90. The quantitative estimate of drug-likeness (QED) is 0.899. The predicted molar refractivity (Wildman–Crippen MR) is 80.4 cm³/mol. The summed E-state index contributed by atoms with van der Waals surface area (Å²) in [6.45, 7) is 5.96. The minimum atomic E-state index is -0.297. The zero-order chi connectivity index (χ0) is 13.9. The molecule has 0 bridgehead atoms. The molecule has 1 aliphatic rings. The highest BCUT2D eigenvalue weighted by molar-refractivity contribution is 7.10. The van der Waals surface area contributed by atoms with E-state index < -0.39 is 0 Å². The first-order valence-electron chi connectivity index (χ1n) is 7.12. The van der Waals surface area contributed by atoms with Crippen LogP contribution >= 0.6 is 11.3 Å². The zero-order valence-electron chi connectivity index (χ0n) is 12.2. The average molecular weight is 280 g/mol. The highest BCUT2D eigenvalue weighted by atomic mass is 32.1. The van der Waals surface area contributed by atoms with Crippen molar-refractivity contribution >= 4 is 17.2 Å². The third-order valence-corrected chi connectivity index (χ3v) is 5.03. The van der Waals surface area contributed by atoms with Crippen LogP contribution in [0.3, 0.4) is 0 Å². The second kappa shape index (κ2) is 6.06. The van der Waals surface area contributed by atoms with Gasteiger partial charge in [0.25, 0.3) is 0 Å². The van der Waals surface area contributed by atoms with Crippen molar-refractivity contribution in [3.8, 4) is 0 Å². The lowest BCUT2D eigenvalue weighted by Gasteiger charge is -2.32. The van der Waals surface area contributed by atoms with E-state index in [1.165, 1.54) is 10.4 Å². The Kier molecular flexibility index (Phi) is 4.63. The molecule has 0 aliphatic carbocycles. The summed E-state index contributed by atoms with van der Waals surface area (Å²) in [7, 11) is 1.93. The second-order valence-corrected chi connectivity index (χ2v) is 6.55. The molecule has 1 saturated heterocycles. The van der Waals surface area contributed by atoms with Gasteiger partial charge < -0.3 is 10.2 Å². The van der Waals surface area contributed by atoms with E-state index in [9.17, 15) is 4.79 Å². The lowest BCUT2D eigenvalue weighted by molar-refractivity contribution is -0.137. The standard InChI is InChI=1S/C15H24N2OS/c1-4-7-15(8-5-9-16-15)14(18)17(3)11-13-12(2)6-10-19-13/h6,10,16H,4-5,7-9,11H2,1-3H3. The van der Waals surface area contributed by atoms with Gasteiger partial charge in [-0.15, -0.1) is 11.3 Å². The summed E-state index contributed by atoms with van der Waals surface area (Å²) >= 11 is 1.74. The van der Waals surface area contributed by atoms with Gasteiger partial charge in [0.2, 0.25) is 5.91 Å². The van der Waals surface area contributed by atoms with E-state index in [0.717, 1.165) is 38.8 Å². The molecule has 1 aromatic heterocycles. The van der Waals surface area contributed by atoms with E-state index >= 15 is 0 Å². The fourth-order valence-electron chi connectivity index (χ4n) is 2.95. The fraction of sp³-hybridized carbons (Fsp3) is 0.667. The van der Waals surface area contributed by atoms with Gasteiger partial charge in [-0.2, -0.15) is 0 Å². The molecule has 0 aromatic carbocycles. The Labute approximate surface area is 120 Å². The summed E-state index contributed by atoms with van der Waals surface area (Å²) in [5, 5.41) is 5.55. The topological polar surface area (TPSA) is 32.3 Å². The molecule has 1 amide bonds. The van der Waals surface area contributed by atoms with Crippen molar-refractivity contribution in [2.24, 2.45) is 0 Å². The van der Waals surface area contributed by atoms with Crippen LogP contribution in [0.25, 0.3) is 0 Å². The third-order valence-electron chi connectivity index (χ3n) is 4.03. The molecule has 0 spiro atoms. The minimum absolute atomic E-state index is 0.264. The maximum Gasteiger partial charge on any atom is 0.242 e. The van der Waals surface area contributed by atoms with Crippen LogP contribution in [-0.4, -0.2) is 29.9 Å². The van der Waals surface area contributed by atoms with Gasteiger partial charge >= 0.3 is 0 Å². The normalized spacial score (nSPS) is 22.7. The van der Waals surface area contributed by atoms with Crippen LogP contribution in [0.1, 0.15) is 43.0 Å². The number of rotatable bonds is 5. The number of hydrogen-bond donors (Lipinski definition) is 1. The Morgan fingerprint density at radius 2 is 2.37 bits per heavy atom. The SMILES string of the molecule is CCCC1(C(=O)N(C)Cc2sccc2C)CCCN1. The van der Waals surface area contributed by atoms with Crippen molar-refractivity contribution in [2.45, 2.75) is 51.6 Å². The van der Waals surface area contributed by atoms with Gasteiger partial charge in [-0.25, -0.2) is 0 Å². The number of amides is 1. The van der Waals surface area contributed by atoms with E-state index in [1.807, 2.05) is 11.9 Å². The molecule has 1 unspecified atom stereocenters. The Hall–Kier alpha value is -0.870. The molecule has 0 radical (unpaired) electrons. The predicted octanol–water partition coefficient (Wildman–Crippen LogP) is 2.94. The minimum Gasteiger partial charge on any atom is -0.339 e. The van der Waals surface area contributed by atoms with Crippen LogP contribution in [0.4, 0.5) is 0 Å². The number of likely N-dealkylation sites (N-methyl/N-ethyl adjacent to an activating group) is 1. The molecule has 3 nitrogen and oxygen atoms in total. The molecule has 1 N–H and O–H groups in total. The first-order chi connectivity index (χ1) is 9.09. The Balaban J connectivity index is 2.07. The van der Waals surface area contributed by atoms with Crippen LogP contribution in [0.5, 0.6) is 0 Å². The summed E-state index contributed by atoms with van der Waals surface area (Å²) in [6.07, 6.45) is 4.08. The number of aryl methyl sites for hydroxylation is 1.